The first-order valence-electron chi connectivity index (χ1n) is 5.00. The van der Waals surface area contributed by atoms with Crippen molar-refractivity contribution in [3.63, 3.8) is 0 Å². The minimum absolute atomic E-state index is 0.0170. The Labute approximate surface area is 97.4 Å². The highest BCUT2D eigenvalue weighted by Crippen LogP contribution is 2.26. The van der Waals surface area contributed by atoms with Gasteiger partial charge in [0, 0.05) is 24.7 Å². The first-order chi connectivity index (χ1) is 8.00. The topological polar surface area (TPSA) is 118 Å². The van der Waals surface area contributed by atoms with Crippen LogP contribution in [0.25, 0.3) is 0 Å². The zero-order chi connectivity index (χ0) is 12.8. The number of aliphatic carboxylic acids is 1. The largest absolute Gasteiger partial charge is 0.481 e. The van der Waals surface area contributed by atoms with Crippen LogP contribution in [0.2, 0.25) is 0 Å². The summed E-state index contributed by atoms with van der Waals surface area (Å²) in [6.07, 6.45) is 0.407. The van der Waals surface area contributed by atoms with Crippen LogP contribution in [0, 0.1) is 10.1 Å². The summed E-state index contributed by atoms with van der Waals surface area (Å²) in [5, 5.41) is 22.0. The van der Waals surface area contributed by atoms with E-state index < -0.39 is 10.9 Å². The standard InChI is InChI=1S/C10H13N3O4/c11-7-3-4-9(13(16)17)8(6-7)12-5-1-2-10(14)15/h3-4,6,12H,1-2,5,11H2,(H,14,15). The SMILES string of the molecule is Nc1ccc([N+](=O)[O-])c(NCCCC(=O)O)c1. The van der Waals surface area contributed by atoms with E-state index in [0.717, 1.165) is 0 Å². The summed E-state index contributed by atoms with van der Waals surface area (Å²) >= 11 is 0. The molecule has 0 aromatic heterocycles. The predicted molar refractivity (Wildman–Crippen MR) is 62.9 cm³/mol. The van der Waals surface area contributed by atoms with Crippen LogP contribution >= 0.6 is 0 Å². The maximum atomic E-state index is 10.7. The molecule has 0 aliphatic heterocycles. The molecule has 0 aliphatic carbocycles. The molecule has 4 N–H and O–H groups in total. The van der Waals surface area contributed by atoms with Gasteiger partial charge in [0.15, 0.2) is 0 Å². The molecule has 0 aliphatic rings. The summed E-state index contributed by atoms with van der Waals surface area (Å²) < 4.78 is 0. The molecule has 0 saturated carbocycles. The van der Waals surface area contributed by atoms with Gasteiger partial charge in [0.1, 0.15) is 5.69 Å². The molecule has 7 nitrogen and oxygen atoms in total. The lowest BCUT2D eigenvalue weighted by Gasteiger charge is -2.06. The molecular weight excluding hydrogens is 226 g/mol. The van der Waals surface area contributed by atoms with E-state index in [0.29, 0.717) is 24.3 Å². The van der Waals surface area contributed by atoms with Crippen molar-refractivity contribution in [2.24, 2.45) is 0 Å². The number of nitrogens with zero attached hydrogens (tertiary/aromatic N) is 1. The Bertz CT molecular complexity index is 434. The third kappa shape index (κ3) is 3.98. The molecule has 0 heterocycles. The van der Waals surface area contributed by atoms with Crippen LogP contribution in [0.15, 0.2) is 18.2 Å². The van der Waals surface area contributed by atoms with E-state index >= 15 is 0 Å². The summed E-state index contributed by atoms with van der Waals surface area (Å²) in [6, 6.07) is 4.22. The number of carboxylic acids is 1. The summed E-state index contributed by atoms with van der Waals surface area (Å²) in [7, 11) is 0. The quantitative estimate of drug-likeness (QED) is 0.299. The van der Waals surface area contributed by atoms with E-state index in [9.17, 15) is 14.9 Å². The summed E-state index contributed by atoms with van der Waals surface area (Å²) in [5.74, 6) is -0.895. The predicted octanol–water partition coefficient (Wildman–Crippen LogP) is 1.45. The highest BCUT2D eigenvalue weighted by atomic mass is 16.6. The summed E-state index contributed by atoms with van der Waals surface area (Å²) in [4.78, 5) is 20.5. The fourth-order valence-electron chi connectivity index (χ4n) is 1.32. The molecule has 0 atom stereocenters. The van der Waals surface area contributed by atoms with E-state index in [2.05, 4.69) is 5.32 Å². The van der Waals surface area contributed by atoms with Gasteiger partial charge in [-0.2, -0.15) is 0 Å². The van der Waals surface area contributed by atoms with Crippen molar-refractivity contribution in [1.29, 1.82) is 0 Å². The van der Waals surface area contributed by atoms with Gasteiger partial charge in [0.25, 0.3) is 5.69 Å². The second-order valence-electron chi connectivity index (χ2n) is 3.46. The molecule has 0 saturated heterocycles. The molecule has 1 aromatic carbocycles. The van der Waals surface area contributed by atoms with Crippen LogP contribution in [-0.4, -0.2) is 22.5 Å². The van der Waals surface area contributed by atoms with Gasteiger partial charge >= 0.3 is 5.97 Å². The highest BCUT2D eigenvalue weighted by Gasteiger charge is 2.12. The lowest BCUT2D eigenvalue weighted by molar-refractivity contribution is -0.383. The Kier molecular flexibility index (Phi) is 4.27. The molecule has 0 amide bonds. The van der Waals surface area contributed by atoms with Gasteiger partial charge in [0.05, 0.1) is 4.92 Å². The van der Waals surface area contributed by atoms with Gasteiger partial charge in [-0.15, -0.1) is 0 Å². The van der Waals surface area contributed by atoms with Crippen molar-refractivity contribution in [2.45, 2.75) is 12.8 Å². The minimum Gasteiger partial charge on any atom is -0.481 e. The Morgan fingerprint density at radius 3 is 2.82 bits per heavy atom. The molecule has 92 valence electrons. The van der Waals surface area contributed by atoms with Crippen molar-refractivity contribution < 1.29 is 14.8 Å². The van der Waals surface area contributed by atoms with Crippen molar-refractivity contribution in [2.75, 3.05) is 17.6 Å². The van der Waals surface area contributed by atoms with E-state index in [1.807, 2.05) is 0 Å². The lowest BCUT2D eigenvalue weighted by atomic mass is 10.2. The molecule has 1 rings (SSSR count). The maximum Gasteiger partial charge on any atom is 0.303 e. The van der Waals surface area contributed by atoms with Gasteiger partial charge in [-0.05, 0) is 18.6 Å². The van der Waals surface area contributed by atoms with E-state index in [-0.39, 0.29) is 12.1 Å². The molecule has 7 heteroatoms. The van der Waals surface area contributed by atoms with Crippen LogP contribution in [0.5, 0.6) is 0 Å². The zero-order valence-corrected chi connectivity index (χ0v) is 9.05. The van der Waals surface area contributed by atoms with Gasteiger partial charge < -0.3 is 16.2 Å². The Hall–Kier alpha value is -2.31. The first-order valence-corrected chi connectivity index (χ1v) is 5.00. The summed E-state index contributed by atoms with van der Waals surface area (Å²) in [5.41, 5.74) is 6.17. The van der Waals surface area contributed by atoms with Gasteiger partial charge in [-0.25, -0.2) is 0 Å². The smallest absolute Gasteiger partial charge is 0.303 e. The number of nitrogens with two attached hydrogens (primary N) is 1. The Balaban J connectivity index is 2.65. The van der Waals surface area contributed by atoms with Crippen LogP contribution < -0.4 is 11.1 Å². The molecule has 0 bridgehead atoms. The number of hydrogen-bond acceptors (Lipinski definition) is 5. The molecule has 0 radical (unpaired) electrons. The normalized spacial score (nSPS) is 9.88. The average Bonchev–Trinajstić information content (AvgIpc) is 2.23. The number of anilines is 2. The second kappa shape index (κ2) is 5.69. The number of carbonyl (C=O) groups is 1. The molecule has 0 spiro atoms. The maximum absolute atomic E-state index is 10.7. The number of rotatable bonds is 6. The van der Waals surface area contributed by atoms with Crippen molar-refractivity contribution in [3.8, 4) is 0 Å². The average molecular weight is 239 g/mol. The Morgan fingerprint density at radius 1 is 1.53 bits per heavy atom. The van der Waals surface area contributed by atoms with E-state index in [4.69, 9.17) is 10.8 Å². The zero-order valence-electron chi connectivity index (χ0n) is 9.05. The van der Waals surface area contributed by atoms with Gasteiger partial charge in [0.2, 0.25) is 0 Å². The number of benzene rings is 1. The fraction of sp³-hybridized carbons (Fsp3) is 0.300. The van der Waals surface area contributed by atoms with Gasteiger partial charge in [-0.3, -0.25) is 14.9 Å². The number of nitrogen functional groups attached to an aromatic ring is 1. The third-order valence-corrected chi connectivity index (χ3v) is 2.10. The lowest BCUT2D eigenvalue weighted by Crippen LogP contribution is -2.07. The van der Waals surface area contributed by atoms with E-state index in [1.54, 1.807) is 0 Å². The minimum atomic E-state index is -0.895. The number of nitrogens with one attached hydrogen (secondary N) is 1. The molecule has 0 fully saturated rings. The van der Waals surface area contributed by atoms with Crippen molar-refractivity contribution in [1.82, 2.24) is 0 Å². The molecule has 17 heavy (non-hydrogen) atoms. The van der Waals surface area contributed by atoms with Crippen LogP contribution in [0.4, 0.5) is 17.1 Å². The number of carboxylic acid groups (broad SMARTS) is 1. The number of nitro groups is 1. The Morgan fingerprint density at radius 2 is 2.24 bits per heavy atom. The van der Waals surface area contributed by atoms with Crippen LogP contribution in [-0.2, 0) is 4.79 Å². The fourth-order valence-corrected chi connectivity index (χ4v) is 1.32. The van der Waals surface area contributed by atoms with Crippen molar-refractivity contribution in [3.05, 3.63) is 28.3 Å². The van der Waals surface area contributed by atoms with Crippen LogP contribution in [0.3, 0.4) is 0 Å². The molecule has 1 aromatic rings. The first kappa shape index (κ1) is 12.8. The number of nitro benzene ring substituents is 1. The third-order valence-electron chi connectivity index (χ3n) is 2.10. The van der Waals surface area contributed by atoms with Crippen molar-refractivity contribution >= 4 is 23.0 Å². The van der Waals surface area contributed by atoms with E-state index in [1.165, 1.54) is 18.2 Å². The molecular formula is C10H13N3O4. The van der Waals surface area contributed by atoms with Gasteiger partial charge in [-0.1, -0.05) is 0 Å². The highest BCUT2D eigenvalue weighted by molar-refractivity contribution is 5.68. The second-order valence-corrected chi connectivity index (χ2v) is 3.46. The monoisotopic (exact) mass is 239 g/mol. The van der Waals surface area contributed by atoms with Crippen LogP contribution in [0.1, 0.15) is 12.8 Å². The molecule has 0 unspecified atom stereocenters. The summed E-state index contributed by atoms with van der Waals surface area (Å²) in [6.45, 7) is 0.344. The number of hydrogen-bond donors (Lipinski definition) is 3.